The predicted octanol–water partition coefficient (Wildman–Crippen LogP) is 20.4. The summed E-state index contributed by atoms with van der Waals surface area (Å²) < 4.78 is 8.98. The van der Waals surface area contributed by atoms with E-state index in [9.17, 15) is 0 Å². The Bertz CT molecular complexity index is 4620. The molecule has 0 bridgehead atoms. The number of fused-ring (bicyclic) bond motifs is 17. The molecule has 0 N–H and O–H groups in total. The second kappa shape index (κ2) is 16.7. The van der Waals surface area contributed by atoms with Crippen molar-refractivity contribution in [3.8, 4) is 66.8 Å². The lowest BCUT2D eigenvalue weighted by Crippen LogP contribution is -2.26. The van der Waals surface area contributed by atoms with Crippen LogP contribution < -0.4 is 4.90 Å². The first-order valence-electron chi connectivity index (χ1n) is 26.1. The molecule has 2 nitrogen and oxygen atoms in total. The molecule has 354 valence electrons. The lowest BCUT2D eigenvalue weighted by molar-refractivity contribution is 0.669. The van der Waals surface area contributed by atoms with Crippen LogP contribution in [0.25, 0.3) is 109 Å². The Hall–Kier alpha value is -9.54. The Labute approximate surface area is 444 Å². The highest BCUT2D eigenvalue weighted by atomic mass is 32.1. The number of hydrogen-bond donors (Lipinski definition) is 0. The zero-order valence-electron chi connectivity index (χ0n) is 41.2. The molecule has 0 saturated heterocycles. The lowest BCUT2D eigenvalue weighted by atomic mass is 9.68. The topological polar surface area (TPSA) is 16.4 Å². The summed E-state index contributed by atoms with van der Waals surface area (Å²) in [6, 6.07) is 101. The van der Waals surface area contributed by atoms with Gasteiger partial charge in [0.2, 0.25) is 0 Å². The summed E-state index contributed by atoms with van der Waals surface area (Å²) in [5.41, 5.74) is 24.5. The highest BCUT2D eigenvalue weighted by molar-refractivity contribution is 7.26. The monoisotopic (exact) mass is 983 g/mol. The Morgan fingerprint density at radius 1 is 0.303 bits per heavy atom. The van der Waals surface area contributed by atoms with E-state index < -0.39 is 5.41 Å². The molecule has 16 rings (SSSR count). The Kier molecular flexibility index (Phi) is 9.45. The fourth-order valence-corrected chi connectivity index (χ4v) is 14.2. The van der Waals surface area contributed by atoms with Gasteiger partial charge in [-0.05, 0) is 156 Å². The van der Waals surface area contributed by atoms with Crippen molar-refractivity contribution in [2.75, 3.05) is 4.90 Å². The normalized spacial score (nSPS) is 14.1. The van der Waals surface area contributed by atoms with Crippen molar-refractivity contribution in [2.45, 2.75) is 5.41 Å². The van der Waals surface area contributed by atoms with Gasteiger partial charge in [-0.1, -0.05) is 206 Å². The van der Waals surface area contributed by atoms with E-state index in [-0.39, 0.29) is 0 Å². The third kappa shape index (κ3) is 6.27. The van der Waals surface area contributed by atoms with Gasteiger partial charge in [0.05, 0.1) is 5.41 Å². The van der Waals surface area contributed by atoms with Crippen molar-refractivity contribution in [1.29, 1.82) is 0 Å². The van der Waals surface area contributed by atoms with Crippen LogP contribution in [0, 0.1) is 0 Å². The van der Waals surface area contributed by atoms with Crippen LogP contribution in [0.15, 0.2) is 277 Å². The minimum absolute atomic E-state index is 0.598. The number of hydrogen-bond acceptors (Lipinski definition) is 3. The van der Waals surface area contributed by atoms with Crippen LogP contribution in [0.5, 0.6) is 0 Å². The van der Waals surface area contributed by atoms with E-state index in [2.05, 4.69) is 266 Å². The maximum absolute atomic E-state index is 6.34. The molecule has 2 aliphatic carbocycles. The third-order valence-electron chi connectivity index (χ3n) is 16.3. The van der Waals surface area contributed by atoms with Crippen LogP contribution in [0.3, 0.4) is 0 Å². The number of para-hydroxylation sites is 1. The standard InChI is InChI=1S/C73H45NOS/c1-3-16-46(17-4-1)47-30-35-52(36-31-47)74(53-37-32-48(33-38-53)50-34-39-58-57-22-9-13-28-65(57)75-66(58)45-50)54-21-15-20-51(44-54)56-41-40-55(49-18-5-2-6-19-49)69-59-23-7-11-26-62(59)73(72(56)69)63-27-12-8-24-60(63)70-64(73)42-43-68-71(70)61-25-10-14-29-67(61)76-68/h1-45H. The average molecular weight is 984 g/mol. The summed E-state index contributed by atoms with van der Waals surface area (Å²) in [5, 5.41) is 4.94. The zero-order chi connectivity index (χ0) is 49.9. The van der Waals surface area contributed by atoms with E-state index >= 15 is 0 Å². The highest BCUT2D eigenvalue weighted by Gasteiger charge is 2.54. The molecule has 0 amide bonds. The molecule has 14 aromatic rings. The van der Waals surface area contributed by atoms with Crippen molar-refractivity contribution < 1.29 is 4.42 Å². The Morgan fingerprint density at radius 3 is 1.62 bits per heavy atom. The van der Waals surface area contributed by atoms with Gasteiger partial charge in [0.15, 0.2) is 0 Å². The van der Waals surface area contributed by atoms with Crippen molar-refractivity contribution in [3.05, 3.63) is 295 Å². The van der Waals surface area contributed by atoms with Gasteiger partial charge in [0.1, 0.15) is 11.2 Å². The maximum Gasteiger partial charge on any atom is 0.136 e. The van der Waals surface area contributed by atoms with E-state index in [0.29, 0.717) is 0 Å². The molecule has 0 radical (unpaired) electrons. The molecule has 12 aromatic carbocycles. The maximum atomic E-state index is 6.34. The fraction of sp³-hybridized carbons (Fsp3) is 0.0137. The fourth-order valence-electron chi connectivity index (χ4n) is 13.1. The van der Waals surface area contributed by atoms with Gasteiger partial charge in [-0.15, -0.1) is 11.3 Å². The largest absolute Gasteiger partial charge is 0.456 e. The second-order valence-corrected chi connectivity index (χ2v) is 21.3. The Balaban J connectivity index is 0.912. The molecular weight excluding hydrogens is 939 g/mol. The van der Waals surface area contributed by atoms with Gasteiger partial charge >= 0.3 is 0 Å². The summed E-state index contributed by atoms with van der Waals surface area (Å²) in [6.45, 7) is 0. The van der Waals surface area contributed by atoms with Crippen LogP contribution in [-0.4, -0.2) is 0 Å². The van der Waals surface area contributed by atoms with Gasteiger partial charge in [0.25, 0.3) is 0 Å². The minimum atomic E-state index is -0.598. The Morgan fingerprint density at radius 2 is 0.868 bits per heavy atom. The van der Waals surface area contributed by atoms with Gasteiger partial charge in [-0.3, -0.25) is 0 Å². The first kappa shape index (κ1) is 42.9. The van der Waals surface area contributed by atoms with Gasteiger partial charge in [-0.2, -0.15) is 0 Å². The van der Waals surface area contributed by atoms with E-state index in [0.717, 1.165) is 55.7 Å². The van der Waals surface area contributed by atoms with E-state index in [1.807, 2.05) is 23.5 Å². The molecule has 0 aliphatic heterocycles. The lowest BCUT2D eigenvalue weighted by Gasteiger charge is -2.33. The molecule has 0 saturated carbocycles. The summed E-state index contributed by atoms with van der Waals surface area (Å²) in [5.74, 6) is 0. The summed E-state index contributed by atoms with van der Waals surface area (Å²) in [6.07, 6.45) is 0. The van der Waals surface area contributed by atoms with Crippen LogP contribution in [0.4, 0.5) is 17.1 Å². The molecule has 2 heterocycles. The van der Waals surface area contributed by atoms with E-state index in [1.165, 1.54) is 92.5 Å². The number of thiophene rings is 1. The first-order chi connectivity index (χ1) is 37.7. The third-order valence-corrected chi connectivity index (χ3v) is 17.4. The summed E-state index contributed by atoms with van der Waals surface area (Å²) >= 11 is 1.90. The summed E-state index contributed by atoms with van der Waals surface area (Å²) in [7, 11) is 0. The number of benzene rings is 12. The van der Waals surface area contributed by atoms with Crippen LogP contribution in [0.2, 0.25) is 0 Å². The number of anilines is 3. The smallest absolute Gasteiger partial charge is 0.136 e. The van der Waals surface area contributed by atoms with Crippen molar-refractivity contribution in [2.24, 2.45) is 0 Å². The molecule has 76 heavy (non-hydrogen) atoms. The quantitative estimate of drug-likeness (QED) is 0.158. The first-order valence-corrected chi connectivity index (χ1v) is 27.0. The highest BCUT2D eigenvalue weighted by Crippen LogP contribution is 2.67. The molecule has 1 unspecified atom stereocenters. The number of furan rings is 1. The molecule has 3 heteroatoms. The predicted molar refractivity (Wildman–Crippen MR) is 319 cm³/mol. The number of rotatable bonds is 7. The molecular formula is C73H45NOS. The van der Waals surface area contributed by atoms with E-state index in [1.54, 1.807) is 0 Å². The molecule has 2 aliphatic rings. The number of nitrogens with zero attached hydrogens (tertiary/aromatic N) is 1. The minimum Gasteiger partial charge on any atom is -0.456 e. The van der Waals surface area contributed by atoms with Crippen molar-refractivity contribution >= 4 is 70.5 Å². The van der Waals surface area contributed by atoms with Crippen LogP contribution in [-0.2, 0) is 5.41 Å². The van der Waals surface area contributed by atoms with E-state index in [4.69, 9.17) is 4.42 Å². The zero-order valence-corrected chi connectivity index (χ0v) is 42.1. The van der Waals surface area contributed by atoms with Gasteiger partial charge in [-0.25, -0.2) is 0 Å². The molecule has 2 aromatic heterocycles. The molecule has 0 fully saturated rings. The van der Waals surface area contributed by atoms with Crippen LogP contribution >= 0.6 is 11.3 Å². The van der Waals surface area contributed by atoms with Crippen molar-refractivity contribution in [3.63, 3.8) is 0 Å². The van der Waals surface area contributed by atoms with Gasteiger partial charge < -0.3 is 9.32 Å². The second-order valence-electron chi connectivity index (χ2n) is 20.2. The van der Waals surface area contributed by atoms with Crippen LogP contribution in [0.1, 0.15) is 22.3 Å². The molecule has 1 atom stereocenters. The summed E-state index contributed by atoms with van der Waals surface area (Å²) in [4.78, 5) is 2.41. The van der Waals surface area contributed by atoms with Crippen molar-refractivity contribution in [1.82, 2.24) is 0 Å². The molecule has 1 spiro atoms. The van der Waals surface area contributed by atoms with Gasteiger partial charge in [0, 0.05) is 48.0 Å². The average Bonchev–Trinajstić information content (AvgIpc) is 4.25. The SMILES string of the molecule is c1ccc(-c2ccc(N(c3ccc(-c4ccc5c(c4)oc4ccccc45)cc3)c3cccc(-c4ccc(-c5ccccc5)c5c4C4(c6ccccc6-5)c5ccccc5-c5c4ccc4sc6ccccc6c54)c3)cc2)cc1.